The summed E-state index contributed by atoms with van der Waals surface area (Å²) in [6.07, 6.45) is 7.33. The van der Waals surface area contributed by atoms with Gasteiger partial charge in [-0.2, -0.15) is 0 Å². The molecular weight excluding hydrogens is 409 g/mol. The molecule has 6 nitrogen and oxygen atoms in total. The van der Waals surface area contributed by atoms with Crippen LogP contribution < -0.4 is 5.32 Å². The second-order valence-electron chi connectivity index (χ2n) is 8.14. The number of imidazole rings is 1. The summed E-state index contributed by atoms with van der Waals surface area (Å²) in [4.78, 5) is 21.9. The Balaban J connectivity index is 0.00000150. The third kappa shape index (κ3) is 6.07. The number of nitrogens with zero attached hydrogens (tertiary/aromatic N) is 4. The summed E-state index contributed by atoms with van der Waals surface area (Å²) < 4.78 is 2.07. The number of amides is 1. The van der Waals surface area contributed by atoms with E-state index in [1.54, 1.807) is 0 Å². The number of rotatable bonds is 5. The molecule has 2 fully saturated rings. The minimum absolute atomic E-state index is 0. The zero-order valence-corrected chi connectivity index (χ0v) is 18.8. The fraction of sp³-hybridized carbons (Fsp3) is 0.619. The van der Waals surface area contributed by atoms with Gasteiger partial charge in [-0.05, 0) is 49.9 Å². The van der Waals surface area contributed by atoms with Crippen molar-refractivity contribution in [2.75, 3.05) is 39.3 Å². The van der Waals surface area contributed by atoms with Gasteiger partial charge >= 0.3 is 0 Å². The number of hydrogen-bond donors (Lipinski definition) is 1. The van der Waals surface area contributed by atoms with Crippen molar-refractivity contribution >= 4 is 36.4 Å². The first-order chi connectivity index (χ1) is 13.2. The SMILES string of the molecule is CC(CC(=O)N1CCN(Cc2cn3ccccc3n2)CC1)C1CCCNC1.Cl.Cl. The summed E-state index contributed by atoms with van der Waals surface area (Å²) in [5, 5.41) is 3.47. The maximum Gasteiger partial charge on any atom is 0.222 e. The smallest absolute Gasteiger partial charge is 0.222 e. The maximum absolute atomic E-state index is 12.7. The van der Waals surface area contributed by atoms with Crippen molar-refractivity contribution in [2.45, 2.75) is 32.7 Å². The molecule has 4 heterocycles. The molecule has 2 saturated heterocycles. The quantitative estimate of drug-likeness (QED) is 0.774. The van der Waals surface area contributed by atoms with Gasteiger partial charge in [-0.15, -0.1) is 24.8 Å². The molecule has 1 N–H and O–H groups in total. The van der Waals surface area contributed by atoms with Gasteiger partial charge < -0.3 is 14.6 Å². The standard InChI is InChI=1S/C21H31N5O.2ClH/c1-17(18-5-4-7-22-14-18)13-21(27)25-11-9-24(10-12-25)15-19-16-26-8-3-2-6-20(26)23-19;;/h2-3,6,8,16-18,22H,4-5,7,9-15H2,1H3;2*1H. The van der Waals surface area contributed by atoms with Gasteiger partial charge in [0.05, 0.1) is 5.69 Å². The first-order valence-electron chi connectivity index (χ1n) is 10.3. The summed E-state index contributed by atoms with van der Waals surface area (Å²) in [6, 6.07) is 6.07. The summed E-state index contributed by atoms with van der Waals surface area (Å²) >= 11 is 0. The number of halogens is 2. The number of carbonyl (C=O) groups is 1. The van der Waals surface area contributed by atoms with Crippen LogP contribution in [-0.4, -0.2) is 64.4 Å². The van der Waals surface area contributed by atoms with Crippen LogP contribution in [0.1, 0.15) is 31.9 Å². The predicted octanol–water partition coefficient (Wildman–Crippen LogP) is 2.85. The predicted molar refractivity (Wildman–Crippen MR) is 121 cm³/mol. The Morgan fingerprint density at radius 1 is 1.24 bits per heavy atom. The van der Waals surface area contributed by atoms with Gasteiger partial charge in [-0.25, -0.2) is 4.98 Å². The Bertz CT molecular complexity index is 736. The molecule has 2 aliphatic rings. The van der Waals surface area contributed by atoms with Gasteiger partial charge in [0.25, 0.3) is 0 Å². The molecule has 2 aromatic heterocycles. The molecule has 4 rings (SSSR count). The fourth-order valence-electron chi connectivity index (χ4n) is 4.38. The number of piperidine rings is 1. The number of fused-ring (bicyclic) bond motifs is 1. The second-order valence-corrected chi connectivity index (χ2v) is 8.14. The monoisotopic (exact) mass is 441 g/mol. The number of piperazine rings is 1. The van der Waals surface area contributed by atoms with Crippen molar-refractivity contribution in [3.05, 3.63) is 36.3 Å². The Morgan fingerprint density at radius 2 is 2.03 bits per heavy atom. The lowest BCUT2D eigenvalue weighted by atomic mass is 9.85. The minimum atomic E-state index is 0. The van der Waals surface area contributed by atoms with Crippen LogP contribution in [0.4, 0.5) is 0 Å². The third-order valence-electron chi connectivity index (χ3n) is 6.16. The van der Waals surface area contributed by atoms with Crippen molar-refractivity contribution in [2.24, 2.45) is 11.8 Å². The maximum atomic E-state index is 12.7. The first kappa shape index (κ1) is 23.9. The molecular formula is C21H33Cl2N5O. The largest absolute Gasteiger partial charge is 0.340 e. The highest BCUT2D eigenvalue weighted by Gasteiger charge is 2.26. The Labute approximate surface area is 185 Å². The molecule has 0 saturated carbocycles. The first-order valence-corrected chi connectivity index (χ1v) is 10.3. The van der Waals surface area contributed by atoms with E-state index in [1.807, 2.05) is 24.4 Å². The summed E-state index contributed by atoms with van der Waals surface area (Å²) in [6.45, 7) is 8.83. The van der Waals surface area contributed by atoms with Gasteiger partial charge in [-0.1, -0.05) is 13.0 Å². The van der Waals surface area contributed by atoms with E-state index < -0.39 is 0 Å². The zero-order chi connectivity index (χ0) is 18.6. The van der Waals surface area contributed by atoms with Crippen LogP contribution in [0.25, 0.3) is 5.65 Å². The van der Waals surface area contributed by atoms with Crippen molar-refractivity contribution in [1.82, 2.24) is 24.5 Å². The molecule has 0 aliphatic carbocycles. The number of carbonyl (C=O) groups excluding carboxylic acids is 1. The van der Waals surface area contributed by atoms with Crippen molar-refractivity contribution in [1.29, 1.82) is 0 Å². The topological polar surface area (TPSA) is 52.9 Å². The Morgan fingerprint density at radius 3 is 2.72 bits per heavy atom. The van der Waals surface area contributed by atoms with Crippen molar-refractivity contribution in [3.8, 4) is 0 Å². The van der Waals surface area contributed by atoms with Crippen LogP contribution in [0, 0.1) is 11.8 Å². The highest BCUT2D eigenvalue weighted by Crippen LogP contribution is 2.23. The van der Waals surface area contributed by atoms with Gasteiger partial charge in [-0.3, -0.25) is 9.69 Å². The number of hydrogen-bond acceptors (Lipinski definition) is 4. The average Bonchev–Trinajstić information content (AvgIpc) is 3.11. The van der Waals surface area contributed by atoms with E-state index in [2.05, 4.69) is 37.6 Å². The van der Waals surface area contributed by atoms with Gasteiger partial charge in [0.15, 0.2) is 0 Å². The van der Waals surface area contributed by atoms with Crippen LogP contribution >= 0.6 is 24.8 Å². The molecule has 29 heavy (non-hydrogen) atoms. The molecule has 0 aromatic carbocycles. The highest BCUT2D eigenvalue weighted by atomic mass is 35.5. The van der Waals surface area contributed by atoms with E-state index in [0.717, 1.165) is 57.2 Å². The van der Waals surface area contributed by atoms with Crippen molar-refractivity contribution in [3.63, 3.8) is 0 Å². The number of aromatic nitrogens is 2. The molecule has 0 bridgehead atoms. The lowest BCUT2D eigenvalue weighted by molar-refractivity contribution is -0.134. The zero-order valence-electron chi connectivity index (χ0n) is 17.1. The summed E-state index contributed by atoms with van der Waals surface area (Å²) in [7, 11) is 0. The normalized spacial score (nSPS) is 21.3. The lowest BCUT2D eigenvalue weighted by Crippen LogP contribution is -2.49. The van der Waals surface area contributed by atoms with E-state index >= 15 is 0 Å². The molecule has 2 aliphatic heterocycles. The fourth-order valence-corrected chi connectivity index (χ4v) is 4.38. The van der Waals surface area contributed by atoms with Crippen LogP contribution in [0.15, 0.2) is 30.6 Å². The average molecular weight is 442 g/mol. The van der Waals surface area contributed by atoms with E-state index in [-0.39, 0.29) is 24.8 Å². The molecule has 2 aromatic rings. The van der Waals surface area contributed by atoms with E-state index in [9.17, 15) is 4.79 Å². The Hall–Kier alpha value is -1.34. The van der Waals surface area contributed by atoms with E-state index in [0.29, 0.717) is 24.2 Å². The molecule has 8 heteroatoms. The molecule has 1 amide bonds. The summed E-state index contributed by atoms with van der Waals surface area (Å²) in [5.74, 6) is 1.46. The number of nitrogens with one attached hydrogen (secondary N) is 1. The summed E-state index contributed by atoms with van der Waals surface area (Å²) in [5.41, 5.74) is 2.09. The van der Waals surface area contributed by atoms with E-state index in [4.69, 9.17) is 0 Å². The van der Waals surface area contributed by atoms with Gasteiger partial charge in [0.1, 0.15) is 5.65 Å². The minimum Gasteiger partial charge on any atom is -0.340 e. The lowest BCUT2D eigenvalue weighted by Gasteiger charge is -2.36. The molecule has 162 valence electrons. The number of pyridine rings is 1. The van der Waals surface area contributed by atoms with Crippen LogP contribution in [0.3, 0.4) is 0 Å². The second kappa shape index (κ2) is 11.2. The van der Waals surface area contributed by atoms with Crippen LogP contribution in [0.2, 0.25) is 0 Å². The van der Waals surface area contributed by atoms with Crippen LogP contribution in [0.5, 0.6) is 0 Å². The molecule has 2 atom stereocenters. The van der Waals surface area contributed by atoms with E-state index in [1.165, 1.54) is 12.8 Å². The molecule has 0 spiro atoms. The third-order valence-corrected chi connectivity index (χ3v) is 6.16. The molecule has 2 unspecified atom stereocenters. The Kier molecular flexibility index (Phi) is 9.21. The van der Waals surface area contributed by atoms with Gasteiger partial charge in [0, 0.05) is 51.5 Å². The van der Waals surface area contributed by atoms with Crippen LogP contribution in [-0.2, 0) is 11.3 Å². The highest BCUT2D eigenvalue weighted by molar-refractivity contribution is 5.85. The van der Waals surface area contributed by atoms with Crippen molar-refractivity contribution < 1.29 is 4.79 Å². The van der Waals surface area contributed by atoms with Gasteiger partial charge in [0.2, 0.25) is 5.91 Å². The molecule has 0 radical (unpaired) electrons.